The second-order valence-electron chi connectivity index (χ2n) is 12.7. The first kappa shape index (κ1) is 22.3. The minimum atomic E-state index is 0.0739. The highest BCUT2D eigenvalue weighted by Crippen LogP contribution is 2.68. The number of rotatable bonds is 5. The highest BCUT2D eigenvalue weighted by molar-refractivity contribution is 5.11. The van der Waals surface area contributed by atoms with Crippen LogP contribution in [0.3, 0.4) is 0 Å². The average Bonchev–Trinajstić information content (AvgIpc) is 3.54. The molecular weight excluding hydrogens is 398 g/mol. The Labute approximate surface area is 196 Å². The van der Waals surface area contributed by atoms with Crippen molar-refractivity contribution >= 4 is 0 Å². The third-order valence-electron chi connectivity index (χ3n) is 11.7. The minimum absolute atomic E-state index is 0.0739. The largest absolute Gasteiger partial charge is 0.376 e. The third kappa shape index (κ3) is 3.53. The molecule has 0 spiro atoms. The lowest BCUT2D eigenvalue weighted by atomic mass is 9.44. The van der Waals surface area contributed by atoms with Crippen molar-refractivity contribution in [1.29, 1.82) is 0 Å². The molecule has 2 heterocycles. The second-order valence-corrected chi connectivity index (χ2v) is 12.7. The smallest absolute Gasteiger partial charge is 0.161 e. The predicted molar refractivity (Wildman–Crippen MR) is 126 cm³/mol. The van der Waals surface area contributed by atoms with E-state index in [4.69, 9.17) is 14.2 Å². The Bertz CT molecular complexity index is 659. The summed E-state index contributed by atoms with van der Waals surface area (Å²) in [6.45, 7) is 11.5. The summed E-state index contributed by atoms with van der Waals surface area (Å²) in [4.78, 5) is 2.62. The van der Waals surface area contributed by atoms with Gasteiger partial charge in [-0.3, -0.25) is 0 Å². The van der Waals surface area contributed by atoms with Crippen LogP contribution >= 0.6 is 0 Å². The van der Waals surface area contributed by atoms with E-state index in [1.165, 1.54) is 83.7 Å². The van der Waals surface area contributed by atoms with Gasteiger partial charge in [0.2, 0.25) is 0 Å². The van der Waals surface area contributed by atoms with Gasteiger partial charge in [0.05, 0.1) is 25.9 Å². The van der Waals surface area contributed by atoms with E-state index in [1.54, 1.807) is 0 Å². The van der Waals surface area contributed by atoms with Gasteiger partial charge < -0.3 is 19.1 Å². The highest BCUT2D eigenvalue weighted by atomic mass is 16.7. The predicted octanol–water partition coefficient (Wildman–Crippen LogP) is 5.50. The van der Waals surface area contributed by atoms with Gasteiger partial charge in [-0.25, -0.2) is 0 Å². The molecule has 0 N–H and O–H groups in total. The number of hydrogen-bond acceptors (Lipinski definition) is 4. The van der Waals surface area contributed by atoms with Crippen molar-refractivity contribution in [3.05, 3.63) is 0 Å². The lowest BCUT2D eigenvalue weighted by molar-refractivity contribution is -0.191. The molecule has 182 valence electrons. The summed E-state index contributed by atoms with van der Waals surface area (Å²) in [5, 5.41) is 0. The molecule has 32 heavy (non-hydrogen) atoms. The van der Waals surface area contributed by atoms with Crippen molar-refractivity contribution in [2.24, 2.45) is 40.4 Å². The van der Waals surface area contributed by atoms with Gasteiger partial charge in [-0.1, -0.05) is 20.3 Å². The highest BCUT2D eigenvalue weighted by Gasteiger charge is 2.63. The van der Waals surface area contributed by atoms with Crippen LogP contribution in [-0.4, -0.2) is 56.7 Å². The summed E-state index contributed by atoms with van der Waals surface area (Å²) in [7, 11) is 0. The van der Waals surface area contributed by atoms with Gasteiger partial charge >= 0.3 is 0 Å². The first-order chi connectivity index (χ1) is 15.6. The summed E-state index contributed by atoms with van der Waals surface area (Å²) in [5.74, 6) is 4.12. The minimum Gasteiger partial charge on any atom is -0.376 e. The van der Waals surface area contributed by atoms with E-state index in [0.29, 0.717) is 22.9 Å². The Morgan fingerprint density at radius 3 is 2.41 bits per heavy atom. The number of fused-ring (bicyclic) bond motifs is 5. The van der Waals surface area contributed by atoms with Crippen LogP contribution in [0.25, 0.3) is 0 Å². The van der Waals surface area contributed by atoms with Crippen molar-refractivity contribution in [2.75, 3.05) is 39.5 Å². The molecule has 0 amide bonds. The fourth-order valence-corrected chi connectivity index (χ4v) is 9.98. The Morgan fingerprint density at radius 1 is 0.812 bits per heavy atom. The van der Waals surface area contributed by atoms with E-state index >= 15 is 0 Å². The molecule has 8 atom stereocenters. The van der Waals surface area contributed by atoms with E-state index in [9.17, 15) is 0 Å². The first-order valence-electron chi connectivity index (χ1n) is 14.2. The fourth-order valence-electron chi connectivity index (χ4n) is 9.98. The monoisotopic (exact) mass is 445 g/mol. The normalized spacial score (nSPS) is 49.7. The van der Waals surface area contributed by atoms with Gasteiger partial charge in [0.25, 0.3) is 0 Å². The maximum Gasteiger partial charge on any atom is 0.161 e. The van der Waals surface area contributed by atoms with E-state index in [1.807, 2.05) is 0 Å². The molecule has 2 aliphatic heterocycles. The topological polar surface area (TPSA) is 30.9 Å². The van der Waals surface area contributed by atoms with Gasteiger partial charge in [0.15, 0.2) is 6.29 Å². The first-order valence-corrected chi connectivity index (χ1v) is 14.2. The SMILES string of the molecule is C[C@@]12C(CCCC1OCCN1CCCC1)CC[C@@H]1[C@H]2CC[C@]2(C)C(C3OCCO3)CC[C@@H]12. The van der Waals surface area contributed by atoms with Crippen molar-refractivity contribution in [3.63, 3.8) is 0 Å². The summed E-state index contributed by atoms with van der Waals surface area (Å²) < 4.78 is 18.9. The van der Waals surface area contributed by atoms with Gasteiger partial charge in [-0.2, -0.15) is 0 Å². The summed E-state index contributed by atoms with van der Waals surface area (Å²) in [5.41, 5.74) is 0.812. The molecule has 4 aliphatic carbocycles. The molecule has 0 aromatic rings. The number of nitrogens with zero attached hydrogens (tertiary/aromatic N) is 1. The van der Waals surface area contributed by atoms with Gasteiger partial charge in [0, 0.05) is 12.5 Å². The molecule has 0 aromatic carbocycles. The van der Waals surface area contributed by atoms with E-state index in [0.717, 1.165) is 50.0 Å². The van der Waals surface area contributed by atoms with Gasteiger partial charge in [-0.15, -0.1) is 0 Å². The van der Waals surface area contributed by atoms with Crippen LogP contribution in [0.4, 0.5) is 0 Å². The van der Waals surface area contributed by atoms with Crippen LogP contribution in [0.15, 0.2) is 0 Å². The zero-order chi connectivity index (χ0) is 21.8. The van der Waals surface area contributed by atoms with Crippen molar-refractivity contribution in [1.82, 2.24) is 4.90 Å². The second kappa shape index (κ2) is 8.81. The van der Waals surface area contributed by atoms with E-state index < -0.39 is 0 Å². The molecule has 3 unspecified atom stereocenters. The number of hydrogen-bond donors (Lipinski definition) is 0. The summed E-state index contributed by atoms with van der Waals surface area (Å²) in [6, 6.07) is 0. The molecule has 4 nitrogen and oxygen atoms in total. The van der Waals surface area contributed by atoms with Gasteiger partial charge in [0.1, 0.15) is 0 Å². The molecule has 0 bridgehead atoms. The van der Waals surface area contributed by atoms with Crippen LogP contribution in [0, 0.1) is 40.4 Å². The van der Waals surface area contributed by atoms with Crippen LogP contribution in [0.1, 0.15) is 84.5 Å². The Morgan fingerprint density at radius 2 is 1.59 bits per heavy atom. The zero-order valence-corrected chi connectivity index (χ0v) is 20.7. The number of likely N-dealkylation sites (tertiary alicyclic amines) is 1. The number of ether oxygens (including phenoxy) is 3. The lowest BCUT2D eigenvalue weighted by Gasteiger charge is -2.62. The molecule has 4 heteroatoms. The van der Waals surface area contributed by atoms with Crippen molar-refractivity contribution in [3.8, 4) is 0 Å². The van der Waals surface area contributed by atoms with Crippen LogP contribution in [-0.2, 0) is 14.2 Å². The molecule has 6 rings (SSSR count). The standard InChI is InChI=1S/C28H47NO3/c1-27-13-12-23-21(22(27)10-11-24(27)26-31-18-19-32-26)9-8-20-6-5-7-25(28(20,23)2)30-17-16-29-14-3-4-15-29/h20-26H,3-19H2,1-2H3/t20?,21-,22-,23+,24?,25?,27-,28-/m0/s1. The zero-order valence-electron chi connectivity index (χ0n) is 20.7. The molecular formula is C28H47NO3. The maximum atomic E-state index is 6.82. The summed E-state index contributed by atoms with van der Waals surface area (Å²) in [6.07, 6.45) is 15.8. The maximum absolute atomic E-state index is 6.82. The molecule has 4 saturated carbocycles. The average molecular weight is 446 g/mol. The molecule has 6 fully saturated rings. The molecule has 0 radical (unpaired) electrons. The molecule has 0 aromatic heterocycles. The van der Waals surface area contributed by atoms with Crippen LogP contribution in [0.5, 0.6) is 0 Å². The van der Waals surface area contributed by atoms with Crippen LogP contribution in [0.2, 0.25) is 0 Å². The summed E-state index contributed by atoms with van der Waals surface area (Å²) >= 11 is 0. The molecule has 6 aliphatic rings. The molecule has 2 saturated heterocycles. The van der Waals surface area contributed by atoms with E-state index in [-0.39, 0.29) is 6.29 Å². The van der Waals surface area contributed by atoms with Crippen molar-refractivity contribution in [2.45, 2.75) is 96.9 Å². The quantitative estimate of drug-likeness (QED) is 0.559. The Hall–Kier alpha value is -0.160. The lowest BCUT2D eigenvalue weighted by Crippen LogP contribution is -2.58. The fraction of sp³-hybridized carbons (Fsp3) is 1.00. The third-order valence-corrected chi connectivity index (χ3v) is 11.7. The Balaban J connectivity index is 1.18. The van der Waals surface area contributed by atoms with Crippen molar-refractivity contribution < 1.29 is 14.2 Å². The van der Waals surface area contributed by atoms with Crippen LogP contribution < -0.4 is 0 Å². The Kier molecular flexibility index (Phi) is 6.14. The van der Waals surface area contributed by atoms with E-state index in [2.05, 4.69) is 18.7 Å². The van der Waals surface area contributed by atoms with Gasteiger partial charge in [-0.05, 0) is 112 Å².